The summed E-state index contributed by atoms with van der Waals surface area (Å²) in [7, 11) is 0. The van der Waals surface area contributed by atoms with Crippen molar-refractivity contribution in [3.63, 3.8) is 0 Å². The van der Waals surface area contributed by atoms with Gasteiger partial charge in [-0.25, -0.2) is 0 Å². The third-order valence-corrected chi connectivity index (χ3v) is 3.64. The van der Waals surface area contributed by atoms with Gasteiger partial charge in [0.05, 0.1) is 17.7 Å². The Labute approximate surface area is 147 Å². The quantitative estimate of drug-likeness (QED) is 0.697. The van der Waals surface area contributed by atoms with E-state index in [-0.39, 0.29) is 18.4 Å². The number of rotatable bonds is 3. The monoisotopic (exact) mass is 388 g/mol. The molecule has 0 aliphatic rings. The first-order valence-electron chi connectivity index (χ1n) is 7.42. The molecular formula is C16H10F6N4O. The van der Waals surface area contributed by atoms with Gasteiger partial charge in [0.25, 0.3) is 5.91 Å². The topological polar surface area (TPSA) is 59.3 Å². The minimum Gasteiger partial charge on any atom is -0.345 e. The lowest BCUT2D eigenvalue weighted by molar-refractivity contribution is -0.143. The number of nitrogens with zero attached hydrogens (tertiary/aromatic N) is 3. The Hall–Kier alpha value is -3.11. The molecule has 0 saturated heterocycles. The molecule has 142 valence electrons. The molecule has 0 aliphatic heterocycles. The number of aromatic nitrogens is 3. The molecule has 0 saturated carbocycles. The predicted molar refractivity (Wildman–Crippen MR) is 80.6 cm³/mol. The van der Waals surface area contributed by atoms with Gasteiger partial charge in [0.2, 0.25) is 0 Å². The SMILES string of the molecule is O=C(NCc1nnc2ccccn12)c1cc(C(F)(F)F)cc(C(F)(F)F)c1. The molecule has 0 atom stereocenters. The van der Waals surface area contributed by atoms with Crippen molar-refractivity contribution in [2.24, 2.45) is 0 Å². The van der Waals surface area contributed by atoms with E-state index in [1.807, 2.05) is 0 Å². The summed E-state index contributed by atoms with van der Waals surface area (Å²) < 4.78 is 78.7. The van der Waals surface area contributed by atoms with Gasteiger partial charge in [0.1, 0.15) is 0 Å². The maximum atomic E-state index is 12.9. The number of carbonyl (C=O) groups is 1. The Bertz CT molecular complexity index is 960. The number of carbonyl (C=O) groups excluding carboxylic acids is 1. The number of nitrogens with one attached hydrogen (secondary N) is 1. The molecule has 2 heterocycles. The van der Waals surface area contributed by atoms with E-state index in [1.165, 1.54) is 4.40 Å². The Kier molecular flexibility index (Phi) is 4.54. The fourth-order valence-electron chi connectivity index (χ4n) is 2.36. The molecule has 1 amide bonds. The molecular weight excluding hydrogens is 378 g/mol. The highest BCUT2D eigenvalue weighted by Crippen LogP contribution is 2.36. The highest BCUT2D eigenvalue weighted by Gasteiger charge is 2.37. The summed E-state index contributed by atoms with van der Waals surface area (Å²) in [6.45, 7) is -0.235. The van der Waals surface area contributed by atoms with Crippen molar-refractivity contribution in [3.8, 4) is 0 Å². The number of amides is 1. The van der Waals surface area contributed by atoms with Crippen LogP contribution in [0.5, 0.6) is 0 Å². The first-order valence-corrected chi connectivity index (χ1v) is 7.42. The number of benzene rings is 1. The molecule has 3 rings (SSSR count). The standard InChI is InChI=1S/C16H10F6N4O/c17-15(18,19)10-5-9(6-11(7-10)16(20,21)22)14(27)23-8-13-25-24-12-3-1-2-4-26(12)13/h1-7H,8H2,(H,23,27). The minimum atomic E-state index is -5.03. The van der Waals surface area contributed by atoms with Crippen LogP contribution in [0, 0.1) is 0 Å². The fraction of sp³-hybridized carbons (Fsp3) is 0.188. The third-order valence-electron chi connectivity index (χ3n) is 3.64. The summed E-state index contributed by atoms with van der Waals surface area (Å²) in [6, 6.07) is 5.71. The summed E-state index contributed by atoms with van der Waals surface area (Å²) in [5.41, 5.74) is -3.41. The van der Waals surface area contributed by atoms with E-state index in [1.54, 1.807) is 24.4 Å². The lowest BCUT2D eigenvalue weighted by atomic mass is 10.0. The minimum absolute atomic E-state index is 0.0389. The van der Waals surface area contributed by atoms with Crippen LogP contribution < -0.4 is 5.32 Å². The average molecular weight is 388 g/mol. The summed E-state index contributed by atoms with van der Waals surface area (Å²) in [5.74, 6) is -0.832. The van der Waals surface area contributed by atoms with Gasteiger partial charge in [-0.05, 0) is 30.3 Å². The molecule has 0 fully saturated rings. The Morgan fingerprint density at radius 1 is 0.963 bits per heavy atom. The highest BCUT2D eigenvalue weighted by molar-refractivity contribution is 5.94. The van der Waals surface area contributed by atoms with Gasteiger partial charge in [-0.3, -0.25) is 9.20 Å². The van der Waals surface area contributed by atoms with Gasteiger partial charge in [0, 0.05) is 11.8 Å². The lowest BCUT2D eigenvalue weighted by Crippen LogP contribution is -2.25. The first kappa shape index (κ1) is 18.7. The Balaban J connectivity index is 1.87. The summed E-state index contributed by atoms with van der Waals surface area (Å²) in [6.07, 6.45) is -8.46. The first-order chi connectivity index (χ1) is 12.6. The van der Waals surface area contributed by atoms with Crippen LogP contribution in [0.1, 0.15) is 27.3 Å². The molecule has 0 spiro atoms. The molecule has 0 aliphatic carbocycles. The van der Waals surface area contributed by atoms with E-state index in [0.29, 0.717) is 17.8 Å². The number of halogens is 6. The molecule has 0 unspecified atom stereocenters. The smallest absolute Gasteiger partial charge is 0.345 e. The maximum absolute atomic E-state index is 12.9. The summed E-state index contributed by atoms with van der Waals surface area (Å²) >= 11 is 0. The van der Waals surface area contributed by atoms with E-state index in [2.05, 4.69) is 15.5 Å². The zero-order chi connectivity index (χ0) is 19.8. The van der Waals surface area contributed by atoms with Crippen LogP contribution >= 0.6 is 0 Å². The molecule has 0 bridgehead atoms. The molecule has 0 radical (unpaired) electrons. The second kappa shape index (κ2) is 6.56. The third kappa shape index (κ3) is 4.01. The second-order valence-corrected chi connectivity index (χ2v) is 5.52. The Morgan fingerprint density at radius 3 is 2.19 bits per heavy atom. The zero-order valence-corrected chi connectivity index (χ0v) is 13.3. The van der Waals surface area contributed by atoms with E-state index in [0.717, 1.165) is 0 Å². The van der Waals surface area contributed by atoms with Crippen molar-refractivity contribution in [2.45, 2.75) is 18.9 Å². The van der Waals surface area contributed by atoms with Crippen molar-refractivity contribution < 1.29 is 31.1 Å². The molecule has 1 N–H and O–H groups in total. The highest BCUT2D eigenvalue weighted by atomic mass is 19.4. The van der Waals surface area contributed by atoms with Crippen molar-refractivity contribution in [2.75, 3.05) is 0 Å². The zero-order valence-electron chi connectivity index (χ0n) is 13.3. The number of pyridine rings is 1. The van der Waals surface area contributed by atoms with Crippen LogP contribution in [0.4, 0.5) is 26.3 Å². The van der Waals surface area contributed by atoms with Crippen LogP contribution in [0.15, 0.2) is 42.6 Å². The van der Waals surface area contributed by atoms with Crippen molar-refractivity contribution in [1.82, 2.24) is 19.9 Å². The molecule has 2 aromatic heterocycles. The number of fused-ring (bicyclic) bond motifs is 1. The summed E-state index contributed by atoms with van der Waals surface area (Å²) in [4.78, 5) is 12.1. The predicted octanol–water partition coefficient (Wildman–Crippen LogP) is 3.70. The van der Waals surface area contributed by atoms with Crippen LogP contribution in [0.3, 0.4) is 0 Å². The molecule has 3 aromatic rings. The average Bonchev–Trinajstić information content (AvgIpc) is 3.01. The summed E-state index contributed by atoms with van der Waals surface area (Å²) in [5, 5.41) is 9.89. The van der Waals surface area contributed by atoms with Crippen LogP contribution in [0.25, 0.3) is 5.65 Å². The lowest BCUT2D eigenvalue weighted by Gasteiger charge is -2.14. The number of hydrogen-bond donors (Lipinski definition) is 1. The van der Waals surface area contributed by atoms with E-state index < -0.39 is 35.0 Å². The van der Waals surface area contributed by atoms with Gasteiger partial charge in [-0.1, -0.05) is 6.07 Å². The Morgan fingerprint density at radius 2 is 1.59 bits per heavy atom. The fourth-order valence-corrected chi connectivity index (χ4v) is 2.36. The second-order valence-electron chi connectivity index (χ2n) is 5.52. The van der Waals surface area contributed by atoms with Gasteiger partial charge in [-0.15, -0.1) is 10.2 Å². The van der Waals surface area contributed by atoms with E-state index in [9.17, 15) is 31.1 Å². The van der Waals surface area contributed by atoms with Gasteiger partial charge in [0.15, 0.2) is 11.5 Å². The van der Waals surface area contributed by atoms with Gasteiger partial charge >= 0.3 is 12.4 Å². The number of hydrogen-bond acceptors (Lipinski definition) is 3. The maximum Gasteiger partial charge on any atom is 0.416 e. The molecule has 11 heteroatoms. The molecule has 1 aromatic carbocycles. The van der Waals surface area contributed by atoms with Crippen LogP contribution in [-0.4, -0.2) is 20.5 Å². The van der Waals surface area contributed by atoms with Crippen LogP contribution in [0.2, 0.25) is 0 Å². The van der Waals surface area contributed by atoms with Gasteiger partial charge < -0.3 is 5.32 Å². The van der Waals surface area contributed by atoms with E-state index >= 15 is 0 Å². The molecule has 27 heavy (non-hydrogen) atoms. The molecule has 5 nitrogen and oxygen atoms in total. The van der Waals surface area contributed by atoms with Crippen molar-refractivity contribution >= 4 is 11.6 Å². The number of alkyl halides is 6. The van der Waals surface area contributed by atoms with Crippen molar-refractivity contribution in [1.29, 1.82) is 0 Å². The van der Waals surface area contributed by atoms with Crippen molar-refractivity contribution in [3.05, 3.63) is 65.1 Å². The van der Waals surface area contributed by atoms with Crippen LogP contribution in [-0.2, 0) is 18.9 Å². The normalized spacial score (nSPS) is 12.4. The van der Waals surface area contributed by atoms with Gasteiger partial charge in [-0.2, -0.15) is 26.3 Å². The largest absolute Gasteiger partial charge is 0.416 e. The van der Waals surface area contributed by atoms with E-state index in [4.69, 9.17) is 0 Å².